The molecule has 1 aromatic rings. The van der Waals surface area contributed by atoms with E-state index in [0.717, 1.165) is 11.3 Å². The van der Waals surface area contributed by atoms with Gasteiger partial charge in [-0.25, -0.2) is 4.79 Å². The van der Waals surface area contributed by atoms with Crippen LogP contribution in [0.2, 0.25) is 5.02 Å². The predicted molar refractivity (Wildman–Crippen MR) is 56.1 cm³/mol. The Morgan fingerprint density at radius 3 is 2.73 bits per heavy atom. The molecule has 0 unspecified atom stereocenters. The minimum atomic E-state index is -0.487. The second-order valence-corrected chi connectivity index (χ2v) is 3.93. The number of hydrogen-bond donors (Lipinski definition) is 0. The molecular formula is C9H9ClO4S. The van der Waals surface area contributed by atoms with Gasteiger partial charge in [0.25, 0.3) is 0 Å². The van der Waals surface area contributed by atoms with Gasteiger partial charge >= 0.3 is 11.9 Å². The van der Waals surface area contributed by atoms with Crippen molar-refractivity contribution in [3.63, 3.8) is 0 Å². The van der Waals surface area contributed by atoms with E-state index in [1.54, 1.807) is 5.38 Å². The number of halogens is 1. The number of carbonyl (C=O) groups excluding carboxylic acids is 2. The molecule has 0 amide bonds. The fourth-order valence-corrected chi connectivity index (χ4v) is 2.13. The summed E-state index contributed by atoms with van der Waals surface area (Å²) in [6, 6.07) is 0. The first-order chi connectivity index (χ1) is 7.06. The normalized spacial score (nSPS) is 9.80. The number of esters is 2. The van der Waals surface area contributed by atoms with Gasteiger partial charge in [0.1, 0.15) is 11.5 Å². The molecule has 1 heterocycles. The number of methoxy groups -OCH3 is 1. The summed E-state index contributed by atoms with van der Waals surface area (Å²) in [7, 11) is 1.28. The number of hydrogen-bond acceptors (Lipinski definition) is 5. The molecule has 0 fully saturated rings. The molecule has 15 heavy (non-hydrogen) atoms. The molecule has 1 aromatic heterocycles. The largest absolute Gasteiger partial charge is 0.465 e. The van der Waals surface area contributed by atoms with Crippen LogP contribution >= 0.6 is 22.9 Å². The lowest BCUT2D eigenvalue weighted by Gasteiger charge is -2.00. The van der Waals surface area contributed by atoms with E-state index in [1.165, 1.54) is 14.0 Å². The average Bonchev–Trinajstić information content (AvgIpc) is 2.56. The highest BCUT2D eigenvalue weighted by Gasteiger charge is 2.17. The lowest BCUT2D eigenvalue weighted by molar-refractivity contribution is -0.142. The van der Waals surface area contributed by atoms with Crippen LogP contribution in [0.5, 0.6) is 0 Å². The van der Waals surface area contributed by atoms with E-state index in [0.29, 0.717) is 10.4 Å². The van der Waals surface area contributed by atoms with Gasteiger partial charge in [-0.3, -0.25) is 4.79 Å². The van der Waals surface area contributed by atoms with Gasteiger partial charge in [0, 0.05) is 12.5 Å². The van der Waals surface area contributed by atoms with Crippen molar-refractivity contribution < 1.29 is 19.1 Å². The van der Waals surface area contributed by atoms with Gasteiger partial charge in [-0.1, -0.05) is 11.6 Å². The first kappa shape index (κ1) is 12.0. The Labute approximate surface area is 95.7 Å². The highest BCUT2D eigenvalue weighted by molar-refractivity contribution is 7.12. The SMILES string of the molecule is COC(=O)c1scc(COC(C)=O)c1Cl. The number of rotatable bonds is 3. The van der Waals surface area contributed by atoms with Gasteiger partial charge in [-0.15, -0.1) is 11.3 Å². The zero-order valence-corrected chi connectivity index (χ0v) is 9.78. The minimum absolute atomic E-state index is 0.0711. The van der Waals surface area contributed by atoms with Crippen LogP contribution < -0.4 is 0 Å². The minimum Gasteiger partial charge on any atom is -0.465 e. The molecule has 0 saturated carbocycles. The molecule has 0 bridgehead atoms. The number of carbonyl (C=O) groups is 2. The van der Waals surface area contributed by atoms with Gasteiger partial charge in [0.15, 0.2) is 0 Å². The molecule has 0 aromatic carbocycles. The predicted octanol–water partition coefficient (Wildman–Crippen LogP) is 2.25. The van der Waals surface area contributed by atoms with Crippen molar-refractivity contribution in [1.29, 1.82) is 0 Å². The molecule has 0 atom stereocenters. The molecule has 0 saturated heterocycles. The fourth-order valence-electron chi connectivity index (χ4n) is 0.887. The second-order valence-electron chi connectivity index (χ2n) is 2.68. The van der Waals surface area contributed by atoms with E-state index < -0.39 is 11.9 Å². The summed E-state index contributed by atoms with van der Waals surface area (Å²) in [6.07, 6.45) is 0. The summed E-state index contributed by atoms with van der Waals surface area (Å²) in [4.78, 5) is 22.1. The quantitative estimate of drug-likeness (QED) is 0.770. The van der Waals surface area contributed by atoms with Crippen molar-refractivity contribution in [2.45, 2.75) is 13.5 Å². The fraction of sp³-hybridized carbons (Fsp3) is 0.333. The average molecular weight is 249 g/mol. The molecule has 0 N–H and O–H groups in total. The van der Waals surface area contributed by atoms with Crippen molar-refractivity contribution >= 4 is 34.9 Å². The molecule has 0 spiro atoms. The molecule has 0 aliphatic heterocycles. The summed E-state index contributed by atoms with van der Waals surface area (Å²) in [5, 5.41) is 1.95. The lowest BCUT2D eigenvalue weighted by atomic mass is 10.3. The third-order valence-electron chi connectivity index (χ3n) is 1.60. The molecule has 82 valence electrons. The van der Waals surface area contributed by atoms with Gasteiger partial charge in [-0.2, -0.15) is 0 Å². The third-order valence-corrected chi connectivity index (χ3v) is 3.15. The van der Waals surface area contributed by atoms with Crippen LogP contribution in [0.3, 0.4) is 0 Å². The Kier molecular flexibility index (Phi) is 4.11. The van der Waals surface area contributed by atoms with Crippen LogP contribution in [0.25, 0.3) is 0 Å². The van der Waals surface area contributed by atoms with Gasteiger partial charge in [0.05, 0.1) is 12.1 Å². The maximum atomic E-state index is 11.2. The Balaban J connectivity index is 2.80. The Hall–Kier alpha value is -1.07. The van der Waals surface area contributed by atoms with Gasteiger partial charge < -0.3 is 9.47 Å². The van der Waals surface area contributed by atoms with Gasteiger partial charge in [0.2, 0.25) is 0 Å². The number of ether oxygens (including phenoxy) is 2. The second kappa shape index (κ2) is 5.14. The Morgan fingerprint density at radius 2 is 2.20 bits per heavy atom. The van der Waals surface area contributed by atoms with Crippen molar-refractivity contribution in [2.24, 2.45) is 0 Å². The molecule has 0 radical (unpaired) electrons. The molecule has 0 aliphatic rings. The number of thiophene rings is 1. The van der Waals surface area contributed by atoms with Crippen LogP contribution in [0, 0.1) is 0 Å². The molecule has 6 heteroatoms. The van der Waals surface area contributed by atoms with Crippen molar-refractivity contribution in [1.82, 2.24) is 0 Å². The third kappa shape index (κ3) is 2.94. The van der Waals surface area contributed by atoms with Crippen molar-refractivity contribution in [3.05, 3.63) is 20.8 Å². The summed E-state index contributed by atoms with van der Waals surface area (Å²) < 4.78 is 9.30. The summed E-state index contributed by atoms with van der Waals surface area (Å²) >= 11 is 7.06. The van der Waals surface area contributed by atoms with Crippen LogP contribution in [0.4, 0.5) is 0 Å². The first-order valence-electron chi connectivity index (χ1n) is 4.03. The summed E-state index contributed by atoms with van der Waals surface area (Å²) in [5.41, 5.74) is 0.609. The van der Waals surface area contributed by atoms with Crippen LogP contribution in [-0.2, 0) is 20.9 Å². The first-order valence-corrected chi connectivity index (χ1v) is 5.29. The van der Waals surface area contributed by atoms with E-state index >= 15 is 0 Å². The standard InChI is InChI=1S/C9H9ClO4S/c1-5(11)14-3-6-4-15-8(7(6)10)9(12)13-2/h4H,3H2,1-2H3. The Morgan fingerprint density at radius 1 is 1.53 bits per heavy atom. The highest BCUT2D eigenvalue weighted by Crippen LogP contribution is 2.29. The van der Waals surface area contributed by atoms with E-state index in [1.807, 2.05) is 0 Å². The smallest absolute Gasteiger partial charge is 0.349 e. The molecule has 4 nitrogen and oxygen atoms in total. The molecular weight excluding hydrogens is 240 g/mol. The van der Waals surface area contributed by atoms with Crippen LogP contribution in [-0.4, -0.2) is 19.0 Å². The van der Waals surface area contributed by atoms with E-state index in [2.05, 4.69) is 4.74 Å². The maximum absolute atomic E-state index is 11.2. The van der Waals surface area contributed by atoms with Crippen LogP contribution in [0.15, 0.2) is 5.38 Å². The monoisotopic (exact) mass is 248 g/mol. The summed E-state index contributed by atoms with van der Waals surface area (Å²) in [5.74, 6) is -0.879. The molecule has 0 aliphatic carbocycles. The van der Waals surface area contributed by atoms with E-state index in [9.17, 15) is 9.59 Å². The van der Waals surface area contributed by atoms with Crippen LogP contribution in [0.1, 0.15) is 22.2 Å². The topological polar surface area (TPSA) is 52.6 Å². The lowest BCUT2D eigenvalue weighted by Crippen LogP contribution is -2.01. The Bertz CT molecular complexity index is 385. The van der Waals surface area contributed by atoms with E-state index in [-0.39, 0.29) is 11.6 Å². The highest BCUT2D eigenvalue weighted by atomic mass is 35.5. The van der Waals surface area contributed by atoms with Crippen molar-refractivity contribution in [2.75, 3.05) is 7.11 Å². The van der Waals surface area contributed by atoms with E-state index in [4.69, 9.17) is 16.3 Å². The summed E-state index contributed by atoms with van der Waals surface area (Å²) in [6.45, 7) is 1.38. The van der Waals surface area contributed by atoms with Gasteiger partial charge in [-0.05, 0) is 5.38 Å². The van der Waals surface area contributed by atoms with Crippen molar-refractivity contribution in [3.8, 4) is 0 Å². The maximum Gasteiger partial charge on any atom is 0.349 e. The molecule has 1 rings (SSSR count). The zero-order valence-electron chi connectivity index (χ0n) is 8.20. The zero-order chi connectivity index (χ0) is 11.4.